The van der Waals surface area contributed by atoms with Gasteiger partial charge in [0.05, 0.1) is 21.0 Å². The average molecular weight is 447 g/mol. The molecule has 3 heterocycles. The number of sulfonamides is 1. The normalized spacial score (nSPS) is 11.5. The Labute approximate surface area is 173 Å². The van der Waals surface area contributed by atoms with Crippen LogP contribution < -0.4 is 16.2 Å². The number of nitrogens with two attached hydrogens (primary N) is 2. The first-order chi connectivity index (χ1) is 13.8. The molecule has 148 valence electrons. The van der Waals surface area contributed by atoms with Crippen LogP contribution in [0.5, 0.6) is 0 Å². The third kappa shape index (κ3) is 3.91. The minimum atomic E-state index is -3.76. The second-order valence-corrected chi connectivity index (χ2v) is 9.14. The van der Waals surface area contributed by atoms with Crippen molar-refractivity contribution >= 4 is 55.9 Å². The molecule has 0 aliphatic heterocycles. The zero-order chi connectivity index (χ0) is 20.6. The monoisotopic (exact) mass is 446 g/mol. The van der Waals surface area contributed by atoms with Crippen LogP contribution in [0.4, 0.5) is 17.3 Å². The van der Waals surface area contributed by atoms with E-state index < -0.39 is 10.0 Å². The highest BCUT2D eigenvalue weighted by Crippen LogP contribution is 2.34. The fraction of sp³-hybridized carbons (Fsp3) is 0. The molecule has 0 aliphatic carbocycles. The minimum absolute atomic E-state index is 0.00643. The predicted molar refractivity (Wildman–Crippen MR) is 113 cm³/mol. The second kappa shape index (κ2) is 7.40. The summed E-state index contributed by atoms with van der Waals surface area (Å²) in [6, 6.07) is 9.54. The van der Waals surface area contributed by atoms with Gasteiger partial charge in [-0.15, -0.1) is 16.4 Å². The summed E-state index contributed by atoms with van der Waals surface area (Å²) in [6.07, 6.45) is 0. The largest absolute Gasteiger partial charge is 0.368 e. The minimum Gasteiger partial charge on any atom is -0.368 e. The maximum absolute atomic E-state index is 12.5. The fourth-order valence-corrected chi connectivity index (χ4v) is 4.47. The van der Waals surface area contributed by atoms with Crippen LogP contribution in [0.15, 0.2) is 57.4 Å². The van der Waals surface area contributed by atoms with Crippen LogP contribution in [0.25, 0.3) is 10.7 Å². The number of carbonyl (C=O) groups excluding carboxylic acids is 1. The molecule has 5 N–H and O–H groups in total. The summed E-state index contributed by atoms with van der Waals surface area (Å²) >= 11 is 2.78. The van der Waals surface area contributed by atoms with E-state index in [1.54, 1.807) is 29.0 Å². The Bertz CT molecular complexity index is 1270. The van der Waals surface area contributed by atoms with E-state index in [0.717, 1.165) is 4.68 Å². The van der Waals surface area contributed by atoms with Gasteiger partial charge in [-0.05, 0) is 47.2 Å². The summed E-state index contributed by atoms with van der Waals surface area (Å²) in [6.45, 7) is 0. The van der Waals surface area contributed by atoms with Crippen molar-refractivity contribution in [1.29, 1.82) is 0 Å². The number of thiophene rings is 2. The number of rotatable bonds is 5. The van der Waals surface area contributed by atoms with E-state index >= 15 is 0 Å². The molecule has 1 aromatic carbocycles. The van der Waals surface area contributed by atoms with Crippen molar-refractivity contribution in [3.63, 3.8) is 0 Å². The van der Waals surface area contributed by atoms with Crippen LogP contribution in [0, 0.1) is 0 Å². The Morgan fingerprint density at radius 1 is 1.10 bits per heavy atom. The van der Waals surface area contributed by atoms with Crippen molar-refractivity contribution in [2.45, 2.75) is 4.90 Å². The molecular weight excluding hydrogens is 432 g/mol. The smallest absolute Gasteiger partial charge is 0.282 e. The highest BCUT2D eigenvalue weighted by atomic mass is 32.2. The average Bonchev–Trinajstić information content (AvgIpc) is 3.41. The van der Waals surface area contributed by atoms with E-state index in [0.29, 0.717) is 27.6 Å². The van der Waals surface area contributed by atoms with Gasteiger partial charge < -0.3 is 11.1 Å². The Balaban J connectivity index is 1.62. The lowest BCUT2D eigenvalue weighted by molar-refractivity contribution is 0.0948. The van der Waals surface area contributed by atoms with E-state index in [2.05, 4.69) is 15.4 Å². The van der Waals surface area contributed by atoms with Gasteiger partial charge in [0, 0.05) is 11.1 Å². The highest BCUT2D eigenvalue weighted by molar-refractivity contribution is 7.89. The lowest BCUT2D eigenvalue weighted by Gasteiger charge is -2.07. The first-order valence-electron chi connectivity index (χ1n) is 8.10. The third-order valence-corrected chi connectivity index (χ3v) is 6.45. The van der Waals surface area contributed by atoms with Gasteiger partial charge in [0.25, 0.3) is 5.91 Å². The van der Waals surface area contributed by atoms with E-state index in [-0.39, 0.29) is 16.8 Å². The number of hydrogen-bond acceptors (Lipinski definition) is 9. The molecule has 0 unspecified atom stereocenters. The lowest BCUT2D eigenvalue weighted by Crippen LogP contribution is -2.15. The molecule has 0 spiro atoms. The summed E-state index contributed by atoms with van der Waals surface area (Å²) in [4.78, 5) is 17.4. The highest BCUT2D eigenvalue weighted by Gasteiger charge is 2.19. The standard InChI is InChI=1S/C17H14N6O3S3/c18-17-21-15(22-23(17)16(24)10-5-7-27-9-10)14-13(6-8-28-14)20-11-1-3-12(4-2-11)29(19,25)26/h1-9,20H,(H2,18,21,22)(H2,19,25,26). The van der Waals surface area contributed by atoms with E-state index in [9.17, 15) is 13.2 Å². The van der Waals surface area contributed by atoms with Gasteiger partial charge in [0.1, 0.15) is 0 Å². The molecule has 4 aromatic rings. The van der Waals surface area contributed by atoms with Gasteiger partial charge in [-0.25, -0.2) is 13.6 Å². The van der Waals surface area contributed by atoms with Gasteiger partial charge in [-0.1, -0.05) is 0 Å². The zero-order valence-electron chi connectivity index (χ0n) is 14.6. The number of nitrogen functional groups attached to an aromatic ring is 1. The zero-order valence-corrected chi connectivity index (χ0v) is 17.1. The number of nitrogens with zero attached hydrogens (tertiary/aromatic N) is 3. The Hall–Kier alpha value is -3.06. The van der Waals surface area contributed by atoms with Crippen molar-refractivity contribution in [3.05, 3.63) is 58.1 Å². The molecule has 0 fully saturated rings. The van der Waals surface area contributed by atoms with Gasteiger partial charge >= 0.3 is 0 Å². The van der Waals surface area contributed by atoms with E-state index in [4.69, 9.17) is 10.9 Å². The number of anilines is 3. The molecule has 0 saturated carbocycles. The molecule has 12 heteroatoms. The first kappa shape index (κ1) is 19.3. The number of nitrogens with one attached hydrogen (secondary N) is 1. The number of primary sulfonamides is 1. The molecule has 0 saturated heterocycles. The van der Waals surface area contributed by atoms with Crippen LogP contribution in [0.1, 0.15) is 10.4 Å². The molecular formula is C17H14N6O3S3. The van der Waals surface area contributed by atoms with Crippen molar-refractivity contribution in [1.82, 2.24) is 14.8 Å². The summed E-state index contributed by atoms with van der Waals surface area (Å²) in [5, 5.41) is 17.9. The van der Waals surface area contributed by atoms with Gasteiger partial charge in [0.2, 0.25) is 16.0 Å². The Morgan fingerprint density at radius 2 is 1.86 bits per heavy atom. The molecule has 0 atom stereocenters. The van der Waals surface area contributed by atoms with E-state index in [1.165, 1.54) is 34.8 Å². The maximum Gasteiger partial charge on any atom is 0.282 e. The van der Waals surface area contributed by atoms with E-state index in [1.807, 2.05) is 11.4 Å². The van der Waals surface area contributed by atoms with Crippen LogP contribution in [0.3, 0.4) is 0 Å². The van der Waals surface area contributed by atoms with Crippen molar-refractivity contribution in [2.24, 2.45) is 5.14 Å². The molecule has 9 nitrogen and oxygen atoms in total. The number of aromatic nitrogens is 3. The molecule has 0 aliphatic rings. The number of hydrogen-bond donors (Lipinski definition) is 3. The molecule has 0 radical (unpaired) electrons. The molecule has 3 aromatic heterocycles. The Kier molecular flexibility index (Phi) is 4.92. The lowest BCUT2D eigenvalue weighted by atomic mass is 10.3. The van der Waals surface area contributed by atoms with Crippen molar-refractivity contribution in [3.8, 4) is 10.7 Å². The quantitative estimate of drug-likeness (QED) is 0.427. The second-order valence-electron chi connectivity index (χ2n) is 5.88. The van der Waals surface area contributed by atoms with Gasteiger partial charge in [-0.3, -0.25) is 4.79 Å². The maximum atomic E-state index is 12.5. The summed E-state index contributed by atoms with van der Waals surface area (Å²) in [5.41, 5.74) is 7.73. The van der Waals surface area contributed by atoms with Gasteiger partial charge in [-0.2, -0.15) is 21.0 Å². The molecule has 0 amide bonds. The summed E-state index contributed by atoms with van der Waals surface area (Å²) < 4.78 is 23.8. The molecule has 4 rings (SSSR count). The molecule has 0 bridgehead atoms. The van der Waals surface area contributed by atoms with Crippen LogP contribution >= 0.6 is 22.7 Å². The van der Waals surface area contributed by atoms with Crippen LogP contribution in [0.2, 0.25) is 0 Å². The predicted octanol–water partition coefficient (Wildman–Crippen LogP) is 2.73. The first-order valence-corrected chi connectivity index (χ1v) is 11.5. The van der Waals surface area contributed by atoms with Crippen molar-refractivity contribution in [2.75, 3.05) is 11.1 Å². The third-order valence-electron chi connectivity index (χ3n) is 3.92. The van der Waals surface area contributed by atoms with Crippen molar-refractivity contribution < 1.29 is 13.2 Å². The van der Waals surface area contributed by atoms with Gasteiger partial charge in [0.15, 0.2) is 5.82 Å². The fourth-order valence-electron chi connectivity index (χ4n) is 2.54. The van der Waals surface area contributed by atoms with Crippen LogP contribution in [-0.4, -0.2) is 29.1 Å². The summed E-state index contributed by atoms with van der Waals surface area (Å²) in [7, 11) is -3.76. The number of benzene rings is 1. The SMILES string of the molecule is Nc1nc(-c2sccc2Nc2ccc(S(N)(=O)=O)cc2)nn1C(=O)c1ccsc1. The molecule has 29 heavy (non-hydrogen) atoms. The Morgan fingerprint density at radius 3 is 2.52 bits per heavy atom. The van der Waals surface area contributed by atoms with Crippen LogP contribution in [-0.2, 0) is 10.0 Å². The number of carbonyl (C=O) groups is 1. The topological polar surface area (TPSA) is 146 Å². The summed E-state index contributed by atoms with van der Waals surface area (Å²) in [5.74, 6) is -0.0510.